The Hall–Kier alpha value is -2.57. The number of benzene rings is 1. The molecule has 29 heavy (non-hydrogen) atoms. The molecule has 2 amide bonds. The second-order valence-corrected chi connectivity index (χ2v) is 9.84. The van der Waals surface area contributed by atoms with E-state index in [0.717, 1.165) is 17.9 Å². The first-order valence-corrected chi connectivity index (χ1v) is 10.2. The molecule has 3 atom stereocenters. The number of fused-ring (bicyclic) bond motifs is 1. The van der Waals surface area contributed by atoms with Crippen molar-refractivity contribution in [2.24, 2.45) is 5.10 Å². The molecule has 2 fully saturated rings. The third-order valence-electron chi connectivity index (χ3n) is 4.86. The molecule has 3 rings (SSSR count). The van der Waals surface area contributed by atoms with Crippen LogP contribution >= 0.6 is 23.2 Å². The van der Waals surface area contributed by atoms with Gasteiger partial charge in [0.2, 0.25) is 5.91 Å². The molecule has 2 aliphatic rings. The maximum atomic E-state index is 12.7. The van der Waals surface area contributed by atoms with E-state index in [4.69, 9.17) is 23.2 Å². The monoisotopic (exact) mass is 465 g/mol. The topological polar surface area (TPSA) is 174 Å². The average molecular weight is 466 g/mol. The van der Waals surface area contributed by atoms with Gasteiger partial charge in [0.15, 0.2) is 27.4 Å². The number of aromatic hydroxyl groups is 2. The van der Waals surface area contributed by atoms with Crippen molar-refractivity contribution in [2.75, 3.05) is 0 Å². The Morgan fingerprint density at radius 1 is 1.38 bits per heavy atom. The summed E-state index contributed by atoms with van der Waals surface area (Å²) < 4.78 is 23.3. The van der Waals surface area contributed by atoms with Crippen LogP contribution in [0.2, 0.25) is 10.0 Å². The van der Waals surface area contributed by atoms with Gasteiger partial charge in [-0.25, -0.2) is 18.6 Å². The molecular weight excluding hydrogens is 453 g/mol. The molecule has 1 aromatic rings. The van der Waals surface area contributed by atoms with Crippen LogP contribution < -0.4 is 5.43 Å². The van der Waals surface area contributed by atoms with E-state index in [-0.39, 0.29) is 11.4 Å². The number of hydrogen-bond acceptors (Lipinski definition) is 8. The molecule has 0 aliphatic carbocycles. The number of carbonyl (C=O) groups excluding carboxylic acids is 2. The average Bonchev–Trinajstić information content (AvgIpc) is 2.74. The highest BCUT2D eigenvalue weighted by Crippen LogP contribution is 2.45. The van der Waals surface area contributed by atoms with Gasteiger partial charge in [-0.2, -0.15) is 5.10 Å². The van der Waals surface area contributed by atoms with Gasteiger partial charge < -0.3 is 20.2 Å². The lowest BCUT2D eigenvalue weighted by atomic mass is 9.97. The summed E-state index contributed by atoms with van der Waals surface area (Å²) >= 11 is 11.6. The van der Waals surface area contributed by atoms with Gasteiger partial charge in [0.25, 0.3) is 5.91 Å². The normalized spacial score (nSPS) is 27.6. The van der Waals surface area contributed by atoms with Crippen molar-refractivity contribution in [1.82, 2.24) is 10.3 Å². The fourth-order valence-corrected chi connectivity index (χ4v) is 6.11. The fourth-order valence-electron chi connectivity index (χ4n) is 3.28. The third-order valence-corrected chi connectivity index (χ3v) is 8.19. The summed E-state index contributed by atoms with van der Waals surface area (Å²) in [4.78, 5) is 36.4. The Morgan fingerprint density at radius 3 is 2.55 bits per heavy atom. The number of nitrogens with one attached hydrogen (secondary N) is 1. The van der Waals surface area contributed by atoms with Crippen molar-refractivity contribution in [3.05, 3.63) is 21.7 Å². The van der Waals surface area contributed by atoms with Crippen LogP contribution in [0.5, 0.6) is 11.5 Å². The van der Waals surface area contributed by atoms with E-state index in [1.165, 1.54) is 0 Å². The highest BCUT2D eigenvalue weighted by Gasteiger charge is 2.69. The summed E-state index contributed by atoms with van der Waals surface area (Å²) in [6.45, 7) is 1.08. The van der Waals surface area contributed by atoms with Gasteiger partial charge >= 0.3 is 5.97 Å². The minimum atomic E-state index is -4.15. The summed E-state index contributed by atoms with van der Waals surface area (Å²) in [5.74, 6) is -4.69. The highest BCUT2D eigenvalue weighted by atomic mass is 35.5. The van der Waals surface area contributed by atoms with Gasteiger partial charge in [-0.05, 0) is 6.92 Å². The molecule has 0 unspecified atom stereocenters. The number of nitrogens with zero attached hydrogens (tertiary/aromatic N) is 2. The van der Waals surface area contributed by atoms with Crippen molar-refractivity contribution in [2.45, 2.75) is 29.5 Å². The SMILES string of the molecule is C[C@]1(/C=N/NC(=O)c2c(Cl)cc(O)c(O)c2Cl)[C@H](C(=O)O)N2C(=O)C[C@H]2S1(=O)=O. The number of phenolic OH excluding ortho intramolecular Hbond substituents is 2. The standard InChI is InChI=1S/C15H13Cl2N3O8S/c1-15(12(14(25)26)20-7(22)3-8(20)29(15,27)28)4-18-19-13(24)9-5(16)2-6(21)11(23)10(9)17/h2,4,8,12,21,23H,3H2,1H3,(H,19,24)(H,25,26)/b18-4+/t8-,12+,15+/m1/s1. The number of halogens is 2. The molecule has 156 valence electrons. The van der Waals surface area contributed by atoms with E-state index >= 15 is 0 Å². The number of rotatable bonds is 4. The smallest absolute Gasteiger partial charge is 0.328 e. The van der Waals surface area contributed by atoms with Crippen LogP contribution in [0.1, 0.15) is 23.7 Å². The van der Waals surface area contributed by atoms with E-state index in [1.807, 2.05) is 5.43 Å². The highest BCUT2D eigenvalue weighted by molar-refractivity contribution is 7.94. The van der Waals surface area contributed by atoms with Crippen molar-refractivity contribution in [3.8, 4) is 11.5 Å². The molecule has 0 bridgehead atoms. The predicted molar refractivity (Wildman–Crippen MR) is 99.7 cm³/mol. The zero-order valence-electron chi connectivity index (χ0n) is 14.5. The van der Waals surface area contributed by atoms with Gasteiger partial charge in [0.05, 0.1) is 17.0 Å². The fraction of sp³-hybridized carbons (Fsp3) is 0.333. The number of hydrazone groups is 1. The van der Waals surface area contributed by atoms with E-state index in [1.54, 1.807) is 0 Å². The Labute approximate surface area is 173 Å². The zero-order chi connectivity index (χ0) is 21.9. The molecule has 4 N–H and O–H groups in total. The van der Waals surface area contributed by atoms with Gasteiger partial charge in [-0.3, -0.25) is 9.59 Å². The Balaban J connectivity index is 1.92. The van der Waals surface area contributed by atoms with Gasteiger partial charge in [-0.15, -0.1) is 0 Å². The molecule has 2 heterocycles. The molecule has 2 aliphatic heterocycles. The van der Waals surface area contributed by atoms with E-state index in [0.29, 0.717) is 6.21 Å². The van der Waals surface area contributed by atoms with Crippen molar-refractivity contribution in [3.63, 3.8) is 0 Å². The van der Waals surface area contributed by atoms with Crippen LogP contribution in [0.4, 0.5) is 0 Å². The van der Waals surface area contributed by atoms with Crippen LogP contribution in [0.25, 0.3) is 0 Å². The van der Waals surface area contributed by atoms with E-state index < -0.39 is 65.9 Å². The summed E-state index contributed by atoms with van der Waals surface area (Å²) in [5.41, 5.74) is 1.50. The molecule has 1 aromatic carbocycles. The molecule has 0 spiro atoms. The number of β-lactam (4-membered cyclic amide) rings is 1. The largest absolute Gasteiger partial charge is 0.504 e. The maximum absolute atomic E-state index is 12.7. The summed E-state index contributed by atoms with van der Waals surface area (Å²) in [6.07, 6.45) is 0.382. The summed E-state index contributed by atoms with van der Waals surface area (Å²) in [7, 11) is -4.15. The third kappa shape index (κ3) is 2.90. The number of sulfone groups is 1. The first kappa shape index (κ1) is 21.1. The zero-order valence-corrected chi connectivity index (χ0v) is 16.8. The first-order valence-electron chi connectivity index (χ1n) is 7.86. The Morgan fingerprint density at radius 2 is 2.00 bits per heavy atom. The van der Waals surface area contributed by atoms with Crippen LogP contribution in [-0.2, 0) is 19.4 Å². The molecule has 0 aromatic heterocycles. The predicted octanol–water partition coefficient (Wildman–Crippen LogP) is 0.319. The number of aliphatic carboxylic acids is 1. The molecule has 0 saturated carbocycles. The van der Waals surface area contributed by atoms with Crippen LogP contribution in [0.3, 0.4) is 0 Å². The lowest BCUT2D eigenvalue weighted by Gasteiger charge is -2.35. The van der Waals surface area contributed by atoms with Crippen LogP contribution in [0.15, 0.2) is 11.2 Å². The number of carboxylic acids is 1. The maximum Gasteiger partial charge on any atom is 0.328 e. The number of phenols is 2. The number of amides is 2. The minimum absolute atomic E-state index is 0.323. The Bertz CT molecular complexity index is 1090. The molecule has 0 radical (unpaired) electrons. The molecular formula is C15H13Cl2N3O8S. The van der Waals surface area contributed by atoms with Crippen molar-refractivity contribution >= 4 is 57.0 Å². The van der Waals surface area contributed by atoms with E-state index in [9.17, 15) is 38.1 Å². The number of hydrogen-bond donors (Lipinski definition) is 4. The summed E-state index contributed by atoms with van der Waals surface area (Å²) in [5, 5.41) is 29.8. The van der Waals surface area contributed by atoms with E-state index in [2.05, 4.69) is 5.10 Å². The lowest BCUT2D eigenvalue weighted by Crippen LogP contribution is -2.57. The Kier molecular flexibility index (Phi) is 4.92. The minimum Gasteiger partial charge on any atom is -0.504 e. The number of carboxylic acid groups (broad SMARTS) is 1. The van der Waals surface area contributed by atoms with Crippen molar-refractivity contribution < 1.29 is 38.1 Å². The summed E-state index contributed by atoms with van der Waals surface area (Å²) in [6, 6.07) is -0.856. The van der Waals surface area contributed by atoms with Gasteiger partial charge in [0.1, 0.15) is 15.1 Å². The first-order chi connectivity index (χ1) is 13.3. The second kappa shape index (κ2) is 6.75. The van der Waals surface area contributed by atoms with Crippen molar-refractivity contribution in [1.29, 1.82) is 0 Å². The second-order valence-electron chi connectivity index (χ2n) is 6.54. The lowest BCUT2D eigenvalue weighted by molar-refractivity contribution is -0.156. The number of carbonyl (C=O) groups is 3. The quantitative estimate of drug-likeness (QED) is 0.212. The van der Waals surface area contributed by atoms with Gasteiger partial charge in [0, 0.05) is 12.3 Å². The molecule has 14 heteroatoms. The molecule has 2 saturated heterocycles. The van der Waals surface area contributed by atoms with Crippen LogP contribution in [-0.4, -0.2) is 68.8 Å². The molecule has 11 nitrogen and oxygen atoms in total. The van der Waals surface area contributed by atoms with Crippen LogP contribution in [0, 0.1) is 0 Å². The van der Waals surface area contributed by atoms with Gasteiger partial charge in [-0.1, -0.05) is 23.2 Å².